The van der Waals surface area contributed by atoms with Crippen LogP contribution in [0.2, 0.25) is 0 Å². The zero-order valence-corrected chi connectivity index (χ0v) is 17.0. The van der Waals surface area contributed by atoms with Crippen molar-refractivity contribution in [2.24, 2.45) is 40.4 Å². The molecule has 4 rings (SSSR count). The van der Waals surface area contributed by atoms with Crippen molar-refractivity contribution in [3.05, 3.63) is 11.6 Å². The Hall–Kier alpha value is -1.16. The summed E-state index contributed by atoms with van der Waals surface area (Å²) in [5.74, 6) is 2.23. The molecule has 7 unspecified atom stereocenters. The van der Waals surface area contributed by atoms with Crippen LogP contribution in [0.3, 0.4) is 0 Å². The molecule has 3 fully saturated rings. The van der Waals surface area contributed by atoms with Crippen molar-refractivity contribution in [1.82, 2.24) is 0 Å². The Morgan fingerprint density at radius 3 is 2.70 bits per heavy atom. The van der Waals surface area contributed by atoms with Crippen LogP contribution in [0, 0.1) is 40.4 Å². The van der Waals surface area contributed by atoms with Gasteiger partial charge in [0.1, 0.15) is 0 Å². The molecule has 0 radical (unpaired) electrons. The number of hydrogen-bond donors (Lipinski definition) is 1. The van der Waals surface area contributed by atoms with E-state index in [1.807, 2.05) is 13.0 Å². The summed E-state index contributed by atoms with van der Waals surface area (Å²) in [6.45, 7) is 4.63. The Morgan fingerprint density at radius 1 is 1.22 bits per heavy atom. The van der Waals surface area contributed by atoms with Gasteiger partial charge in [0.25, 0.3) is 0 Å². The molecule has 3 saturated carbocycles. The topological polar surface area (TPSA) is 63.6 Å². The molecule has 4 aliphatic carbocycles. The molecule has 0 aromatic carbocycles. The van der Waals surface area contributed by atoms with Crippen molar-refractivity contribution < 1.29 is 19.4 Å². The van der Waals surface area contributed by atoms with E-state index in [0.29, 0.717) is 30.1 Å². The third kappa shape index (κ3) is 2.66. The van der Waals surface area contributed by atoms with Gasteiger partial charge in [0.05, 0.1) is 19.6 Å². The molecule has 4 heteroatoms. The number of methoxy groups -OCH3 is 1. The third-order valence-electron chi connectivity index (χ3n) is 9.22. The minimum Gasteiger partial charge on any atom is -0.469 e. The van der Waals surface area contributed by atoms with Gasteiger partial charge in [-0.15, -0.1) is 0 Å². The summed E-state index contributed by atoms with van der Waals surface area (Å²) >= 11 is 0. The van der Waals surface area contributed by atoms with E-state index in [4.69, 9.17) is 4.74 Å². The number of carbonyl (C=O) groups excluding carboxylic acids is 2. The molecule has 4 aliphatic rings. The van der Waals surface area contributed by atoms with Crippen LogP contribution in [0.4, 0.5) is 0 Å². The first-order valence-electron chi connectivity index (χ1n) is 10.8. The second-order valence-corrected chi connectivity index (χ2v) is 9.91. The number of ether oxygens (including phenoxy) is 1. The molecule has 0 saturated heterocycles. The third-order valence-corrected chi connectivity index (χ3v) is 9.22. The van der Waals surface area contributed by atoms with Gasteiger partial charge in [-0.1, -0.05) is 19.4 Å². The minimum atomic E-state index is -0.162. The first kappa shape index (κ1) is 19.2. The number of rotatable bonds is 3. The SMILES string of the molecule is COC(=O)C(C)C1CCC2C3CCC4=CC(=O)CCC4(CO)C3CCC12C. The Balaban J connectivity index is 1.63. The van der Waals surface area contributed by atoms with E-state index in [0.717, 1.165) is 38.5 Å². The van der Waals surface area contributed by atoms with E-state index in [1.165, 1.54) is 19.1 Å². The van der Waals surface area contributed by atoms with Crippen molar-refractivity contribution in [2.75, 3.05) is 13.7 Å². The molecule has 0 spiro atoms. The quantitative estimate of drug-likeness (QED) is 0.761. The van der Waals surface area contributed by atoms with Crippen LogP contribution < -0.4 is 0 Å². The van der Waals surface area contributed by atoms with Crippen LogP contribution in [0.25, 0.3) is 0 Å². The molecule has 0 aromatic heterocycles. The highest BCUT2D eigenvalue weighted by molar-refractivity contribution is 5.91. The normalized spacial score (nSPS) is 44.6. The number of aliphatic hydroxyl groups excluding tert-OH is 1. The number of carbonyl (C=O) groups is 2. The lowest BCUT2D eigenvalue weighted by atomic mass is 9.46. The average Bonchev–Trinajstić information content (AvgIpc) is 3.03. The van der Waals surface area contributed by atoms with Gasteiger partial charge in [-0.05, 0) is 80.1 Å². The van der Waals surface area contributed by atoms with Crippen LogP contribution in [0.5, 0.6) is 0 Å². The lowest BCUT2D eigenvalue weighted by Crippen LogP contribution is -2.53. The van der Waals surface area contributed by atoms with E-state index in [1.54, 1.807) is 0 Å². The molecule has 27 heavy (non-hydrogen) atoms. The average molecular weight is 375 g/mol. The number of hydrogen-bond acceptors (Lipinski definition) is 4. The predicted molar refractivity (Wildman–Crippen MR) is 103 cm³/mol. The molecule has 1 N–H and O–H groups in total. The summed E-state index contributed by atoms with van der Waals surface area (Å²) in [5, 5.41) is 10.4. The number of aliphatic hydroxyl groups is 1. The van der Waals surface area contributed by atoms with Crippen molar-refractivity contribution in [3.8, 4) is 0 Å². The summed E-state index contributed by atoms with van der Waals surface area (Å²) < 4.78 is 5.06. The highest BCUT2D eigenvalue weighted by atomic mass is 16.5. The standard InChI is InChI=1S/C23H34O4/c1-14(21(26)27-3)18-6-7-19-17-5-4-15-12-16(25)8-11-23(15,13-24)20(17)9-10-22(18,19)2/h12,14,17-20,24H,4-11,13H2,1-3H3. The first-order valence-corrected chi connectivity index (χ1v) is 10.8. The predicted octanol–water partition coefficient (Wildman–Crippen LogP) is 3.92. The van der Waals surface area contributed by atoms with Gasteiger partial charge in [0.2, 0.25) is 0 Å². The van der Waals surface area contributed by atoms with E-state index < -0.39 is 0 Å². The Labute approximate surface area is 162 Å². The first-order chi connectivity index (χ1) is 12.9. The van der Waals surface area contributed by atoms with Crippen molar-refractivity contribution in [1.29, 1.82) is 0 Å². The molecule has 0 bridgehead atoms. The molecule has 7 atom stereocenters. The zero-order valence-electron chi connectivity index (χ0n) is 17.0. The second-order valence-electron chi connectivity index (χ2n) is 9.91. The molecule has 150 valence electrons. The summed E-state index contributed by atoms with van der Waals surface area (Å²) in [4.78, 5) is 24.2. The summed E-state index contributed by atoms with van der Waals surface area (Å²) in [6, 6.07) is 0. The molecule has 0 aliphatic heterocycles. The lowest BCUT2D eigenvalue weighted by Gasteiger charge is -2.58. The molecule has 0 heterocycles. The molecular weight excluding hydrogens is 340 g/mol. The van der Waals surface area contributed by atoms with Crippen molar-refractivity contribution >= 4 is 11.8 Å². The lowest BCUT2D eigenvalue weighted by molar-refractivity contribution is -0.150. The van der Waals surface area contributed by atoms with Crippen LogP contribution in [-0.4, -0.2) is 30.6 Å². The van der Waals surface area contributed by atoms with Crippen LogP contribution in [-0.2, 0) is 14.3 Å². The largest absolute Gasteiger partial charge is 0.469 e. The van der Waals surface area contributed by atoms with Gasteiger partial charge in [0.15, 0.2) is 5.78 Å². The Bertz CT molecular complexity index is 667. The summed E-state index contributed by atoms with van der Waals surface area (Å²) in [6.07, 6.45) is 9.86. The maximum absolute atomic E-state index is 12.2. The highest BCUT2D eigenvalue weighted by Crippen LogP contribution is 2.67. The van der Waals surface area contributed by atoms with Gasteiger partial charge >= 0.3 is 5.97 Å². The summed E-state index contributed by atoms with van der Waals surface area (Å²) in [5.41, 5.74) is 1.25. The maximum Gasteiger partial charge on any atom is 0.308 e. The van der Waals surface area contributed by atoms with Crippen LogP contribution in [0.1, 0.15) is 65.2 Å². The summed E-state index contributed by atoms with van der Waals surface area (Å²) in [7, 11) is 1.49. The highest BCUT2D eigenvalue weighted by Gasteiger charge is 2.61. The Morgan fingerprint density at radius 2 is 2.00 bits per heavy atom. The number of esters is 1. The van der Waals surface area contributed by atoms with Gasteiger partial charge in [0, 0.05) is 11.8 Å². The van der Waals surface area contributed by atoms with Gasteiger partial charge in [-0.3, -0.25) is 9.59 Å². The van der Waals surface area contributed by atoms with E-state index in [-0.39, 0.29) is 35.1 Å². The van der Waals surface area contributed by atoms with Crippen LogP contribution in [0.15, 0.2) is 11.6 Å². The van der Waals surface area contributed by atoms with Crippen LogP contribution >= 0.6 is 0 Å². The fourth-order valence-corrected chi connectivity index (χ4v) is 7.87. The minimum absolute atomic E-state index is 0.0419. The van der Waals surface area contributed by atoms with Gasteiger partial charge < -0.3 is 9.84 Å². The van der Waals surface area contributed by atoms with Gasteiger partial charge in [-0.25, -0.2) is 0 Å². The fourth-order valence-electron chi connectivity index (χ4n) is 7.87. The monoisotopic (exact) mass is 374 g/mol. The van der Waals surface area contributed by atoms with Crippen molar-refractivity contribution in [3.63, 3.8) is 0 Å². The molecule has 0 aromatic rings. The zero-order chi connectivity index (χ0) is 19.4. The Kier molecular flexibility index (Phi) is 4.77. The fraction of sp³-hybridized carbons (Fsp3) is 0.826. The second kappa shape index (κ2) is 6.72. The number of ketones is 1. The number of fused-ring (bicyclic) bond motifs is 5. The maximum atomic E-state index is 12.2. The van der Waals surface area contributed by atoms with E-state index in [2.05, 4.69) is 6.92 Å². The molecule has 4 nitrogen and oxygen atoms in total. The molecular formula is C23H34O4. The van der Waals surface area contributed by atoms with Crippen molar-refractivity contribution in [2.45, 2.75) is 65.2 Å². The van der Waals surface area contributed by atoms with E-state index in [9.17, 15) is 14.7 Å². The smallest absolute Gasteiger partial charge is 0.308 e. The van der Waals surface area contributed by atoms with E-state index >= 15 is 0 Å². The van der Waals surface area contributed by atoms with Gasteiger partial charge in [-0.2, -0.15) is 0 Å². The molecule has 0 amide bonds.